The highest BCUT2D eigenvalue weighted by molar-refractivity contribution is 4.89. The topological polar surface area (TPSA) is 55.7 Å². The molecule has 2 heterocycles. The molecule has 1 saturated carbocycles. The molecule has 3 fully saturated rings. The van der Waals surface area contributed by atoms with Crippen molar-refractivity contribution in [2.45, 2.75) is 37.5 Å². The molecule has 2 bridgehead atoms. The summed E-state index contributed by atoms with van der Waals surface area (Å²) in [6.45, 7) is 0. The van der Waals surface area contributed by atoms with Gasteiger partial charge in [-0.05, 0) is 25.7 Å². The highest BCUT2D eigenvalue weighted by Crippen LogP contribution is 2.34. The molecule has 0 unspecified atom stereocenters. The summed E-state index contributed by atoms with van der Waals surface area (Å²) in [4.78, 5) is 0. The van der Waals surface area contributed by atoms with Gasteiger partial charge in [-0.25, -0.2) is 5.43 Å². The highest BCUT2D eigenvalue weighted by Gasteiger charge is 2.44. The molecule has 0 amide bonds. The molecule has 3 aliphatic rings. The monoisotopic (exact) mass is 144 g/mol. The first-order valence-electron chi connectivity index (χ1n) is 3.68. The first kappa shape index (κ1) is 6.54. The molecule has 0 spiro atoms. The van der Waals surface area contributed by atoms with Crippen LogP contribution >= 0.6 is 0 Å². The van der Waals surface area contributed by atoms with Crippen LogP contribution in [0.4, 0.5) is 0 Å². The molecular formula is C6H12N2O2. The fourth-order valence-corrected chi connectivity index (χ4v) is 1.71. The van der Waals surface area contributed by atoms with Crippen LogP contribution in [0.5, 0.6) is 0 Å². The van der Waals surface area contributed by atoms with E-state index >= 15 is 0 Å². The van der Waals surface area contributed by atoms with Crippen molar-refractivity contribution in [2.75, 3.05) is 0 Å². The zero-order valence-corrected chi connectivity index (χ0v) is 5.75. The van der Waals surface area contributed by atoms with Crippen molar-refractivity contribution in [3.63, 3.8) is 0 Å². The maximum absolute atomic E-state index is 9.60. The minimum absolute atomic E-state index is 0.374. The van der Waals surface area contributed by atoms with Crippen molar-refractivity contribution in [1.29, 1.82) is 0 Å². The summed E-state index contributed by atoms with van der Waals surface area (Å²) >= 11 is 0. The third-order valence-corrected chi connectivity index (χ3v) is 2.49. The number of fused-ring (bicyclic) bond motifs is 3. The molecule has 1 aliphatic carbocycles. The summed E-state index contributed by atoms with van der Waals surface area (Å²) in [5, 5.41) is 19.6. The van der Waals surface area contributed by atoms with Gasteiger partial charge in [-0.2, -0.15) is 0 Å². The van der Waals surface area contributed by atoms with Gasteiger partial charge in [0.1, 0.15) is 0 Å². The Morgan fingerprint density at radius 2 is 2.00 bits per heavy atom. The van der Waals surface area contributed by atoms with Crippen LogP contribution in [0.2, 0.25) is 0 Å². The fraction of sp³-hybridized carbons (Fsp3) is 1.00. The maximum Gasteiger partial charge on any atom is 0.156 e. The normalized spacial score (nSPS) is 48.0. The van der Waals surface area contributed by atoms with E-state index in [-0.39, 0.29) is 0 Å². The standard InChI is InChI=1S/C6H12N2O2/c9-6-3-1-5(2-4-6)7-8(6)10/h5,7,9-10H,1-4H2. The molecule has 2 aliphatic heterocycles. The van der Waals surface area contributed by atoms with Gasteiger partial charge in [-0.3, -0.25) is 5.21 Å². The van der Waals surface area contributed by atoms with E-state index in [1.165, 1.54) is 0 Å². The Kier molecular flexibility index (Phi) is 1.25. The predicted molar refractivity (Wildman–Crippen MR) is 34.0 cm³/mol. The van der Waals surface area contributed by atoms with Gasteiger partial charge in [-0.15, -0.1) is 0 Å². The molecule has 0 atom stereocenters. The zero-order chi connectivity index (χ0) is 7.19. The molecule has 0 radical (unpaired) electrons. The second kappa shape index (κ2) is 1.92. The first-order chi connectivity index (χ1) is 4.71. The van der Waals surface area contributed by atoms with Crippen molar-refractivity contribution < 1.29 is 10.3 Å². The van der Waals surface area contributed by atoms with Gasteiger partial charge >= 0.3 is 0 Å². The summed E-state index contributed by atoms with van der Waals surface area (Å²) < 4.78 is 0. The SMILES string of the molecule is ON1NC2CCC1(O)CC2. The summed E-state index contributed by atoms with van der Waals surface area (Å²) in [5.41, 5.74) is 1.82. The van der Waals surface area contributed by atoms with Crippen LogP contribution in [0, 0.1) is 0 Å². The second-order valence-corrected chi connectivity index (χ2v) is 3.20. The Morgan fingerprint density at radius 1 is 1.40 bits per heavy atom. The van der Waals surface area contributed by atoms with Gasteiger partial charge in [0.25, 0.3) is 0 Å². The van der Waals surface area contributed by atoms with Crippen LogP contribution in [0.25, 0.3) is 0 Å². The van der Waals surface area contributed by atoms with E-state index in [2.05, 4.69) is 5.43 Å². The van der Waals surface area contributed by atoms with Crippen LogP contribution in [-0.2, 0) is 0 Å². The number of hydrogen-bond donors (Lipinski definition) is 3. The van der Waals surface area contributed by atoms with Crippen molar-refractivity contribution in [2.24, 2.45) is 0 Å². The molecule has 58 valence electrons. The van der Waals surface area contributed by atoms with E-state index in [0.29, 0.717) is 18.9 Å². The lowest BCUT2D eigenvalue weighted by molar-refractivity contribution is -0.335. The highest BCUT2D eigenvalue weighted by atomic mass is 16.6. The second-order valence-electron chi connectivity index (χ2n) is 3.20. The van der Waals surface area contributed by atoms with Crippen LogP contribution in [0.3, 0.4) is 0 Å². The van der Waals surface area contributed by atoms with Gasteiger partial charge in [0.15, 0.2) is 5.72 Å². The van der Waals surface area contributed by atoms with Crippen molar-refractivity contribution in [3.8, 4) is 0 Å². The summed E-state index contributed by atoms with van der Waals surface area (Å²) in [6, 6.07) is 0.374. The van der Waals surface area contributed by atoms with E-state index in [1.807, 2.05) is 0 Å². The molecule has 4 nitrogen and oxygen atoms in total. The number of hydrazine groups is 1. The van der Waals surface area contributed by atoms with Gasteiger partial charge in [0, 0.05) is 6.04 Å². The summed E-state index contributed by atoms with van der Waals surface area (Å²) in [6.07, 6.45) is 3.30. The largest absolute Gasteiger partial charge is 0.372 e. The van der Waals surface area contributed by atoms with Gasteiger partial charge < -0.3 is 5.11 Å². The molecular weight excluding hydrogens is 132 g/mol. The molecule has 3 rings (SSSR count). The van der Waals surface area contributed by atoms with Crippen molar-refractivity contribution in [1.82, 2.24) is 10.6 Å². The quantitative estimate of drug-likeness (QED) is 0.441. The van der Waals surface area contributed by atoms with E-state index in [9.17, 15) is 5.11 Å². The predicted octanol–water partition coefficient (Wildman–Crippen LogP) is -0.173. The number of hydrogen-bond acceptors (Lipinski definition) is 4. The molecule has 0 aromatic rings. The molecule has 0 aromatic heterocycles. The van der Waals surface area contributed by atoms with Crippen molar-refractivity contribution >= 4 is 0 Å². The average Bonchev–Trinajstić information content (AvgIpc) is 1.92. The van der Waals surface area contributed by atoms with Crippen LogP contribution in [0.15, 0.2) is 0 Å². The smallest absolute Gasteiger partial charge is 0.156 e. The van der Waals surface area contributed by atoms with Crippen LogP contribution in [0.1, 0.15) is 25.7 Å². The Morgan fingerprint density at radius 3 is 2.30 bits per heavy atom. The minimum Gasteiger partial charge on any atom is -0.372 e. The number of hydroxylamine groups is 1. The van der Waals surface area contributed by atoms with Gasteiger partial charge in [0.05, 0.1) is 0 Å². The van der Waals surface area contributed by atoms with Gasteiger partial charge in [-0.1, -0.05) is 5.17 Å². The van der Waals surface area contributed by atoms with Crippen LogP contribution in [-0.4, -0.2) is 27.3 Å². The van der Waals surface area contributed by atoms with Crippen LogP contribution < -0.4 is 5.43 Å². The third-order valence-electron chi connectivity index (χ3n) is 2.49. The lowest BCUT2D eigenvalue weighted by Gasteiger charge is -2.48. The van der Waals surface area contributed by atoms with E-state index in [0.717, 1.165) is 18.0 Å². The summed E-state index contributed by atoms with van der Waals surface area (Å²) in [7, 11) is 0. The Hall–Kier alpha value is -0.160. The third kappa shape index (κ3) is 0.769. The summed E-state index contributed by atoms with van der Waals surface area (Å²) in [5.74, 6) is 0. The molecule has 10 heavy (non-hydrogen) atoms. The Balaban J connectivity index is 2.17. The maximum atomic E-state index is 9.60. The number of rotatable bonds is 0. The Labute approximate surface area is 59.4 Å². The lowest BCUT2D eigenvalue weighted by atomic mass is 9.86. The average molecular weight is 144 g/mol. The van der Waals surface area contributed by atoms with E-state index < -0.39 is 5.72 Å². The molecule has 0 aromatic carbocycles. The number of aliphatic hydroxyl groups is 1. The van der Waals surface area contributed by atoms with Gasteiger partial charge in [0.2, 0.25) is 0 Å². The lowest BCUT2D eigenvalue weighted by Crippen LogP contribution is -2.65. The first-order valence-corrected chi connectivity index (χ1v) is 3.68. The number of nitrogens with zero attached hydrogens (tertiary/aromatic N) is 1. The van der Waals surface area contributed by atoms with E-state index in [1.54, 1.807) is 0 Å². The van der Waals surface area contributed by atoms with E-state index in [4.69, 9.17) is 5.21 Å². The number of nitrogens with one attached hydrogen (secondary N) is 1. The van der Waals surface area contributed by atoms with Crippen molar-refractivity contribution in [3.05, 3.63) is 0 Å². The minimum atomic E-state index is -0.977. The molecule has 2 saturated heterocycles. The molecule has 4 heteroatoms. The fourth-order valence-electron chi connectivity index (χ4n) is 1.71. The zero-order valence-electron chi connectivity index (χ0n) is 5.75. The molecule has 3 N–H and O–H groups in total. The Bertz CT molecular complexity index is 143.